The highest BCUT2D eigenvalue weighted by Gasteiger charge is 2.37. The van der Waals surface area contributed by atoms with Crippen LogP contribution in [0.3, 0.4) is 0 Å². The van der Waals surface area contributed by atoms with Gasteiger partial charge in [-0.15, -0.1) is 0 Å². The van der Waals surface area contributed by atoms with E-state index in [1.807, 2.05) is 48.5 Å². The lowest BCUT2D eigenvalue weighted by Gasteiger charge is -2.32. The molecule has 2 unspecified atom stereocenters. The molecule has 0 saturated carbocycles. The van der Waals surface area contributed by atoms with Gasteiger partial charge >= 0.3 is 0 Å². The maximum Gasteiger partial charge on any atom is 0.254 e. The van der Waals surface area contributed by atoms with Gasteiger partial charge < -0.3 is 9.80 Å². The predicted molar refractivity (Wildman–Crippen MR) is 156 cm³/mol. The molecule has 2 amide bonds. The second-order valence-corrected chi connectivity index (χ2v) is 10.6. The maximum atomic E-state index is 12.5. The number of halogens is 1. The van der Waals surface area contributed by atoms with Crippen molar-refractivity contribution in [3.63, 3.8) is 0 Å². The zero-order valence-corrected chi connectivity index (χ0v) is 23.2. The Labute approximate surface area is 229 Å². The molecule has 192 valence electrons. The fraction of sp³-hybridized carbons (Fsp3) is 0.300. The fourth-order valence-electron chi connectivity index (χ4n) is 5.37. The molecular weight excluding hydrogens is 502 g/mol. The molecule has 5 nitrogen and oxygen atoms in total. The number of hydrogen-bond donors (Lipinski definition) is 0. The minimum Gasteiger partial charge on any atom is -0.365 e. The van der Waals surface area contributed by atoms with Gasteiger partial charge in [-0.2, -0.15) is 0 Å². The number of benzene rings is 3. The Morgan fingerprint density at radius 3 is 2.43 bits per heavy atom. The molecule has 3 aromatic carbocycles. The summed E-state index contributed by atoms with van der Waals surface area (Å²) in [6.07, 6.45) is 1.86. The summed E-state index contributed by atoms with van der Waals surface area (Å²) in [6, 6.07) is 21.6. The second-order valence-electron chi connectivity index (χ2n) is 9.95. The van der Waals surface area contributed by atoms with Crippen LogP contribution in [-0.2, 0) is 4.79 Å². The standard InChI is InChI=1S/C30H32ClN3O2S/c1-20(2)29-25(14-15-33(29)19-37)24-10-5-6-11-28(24)34(18-35)23-9-7-8-21(16-23)22-12-13-26(27(31)17-22)30(36)32(3)4/h5-13,16-20,25,29H,14-15H2,1-4H3. The van der Waals surface area contributed by atoms with Crippen LogP contribution < -0.4 is 4.90 Å². The van der Waals surface area contributed by atoms with E-state index < -0.39 is 0 Å². The summed E-state index contributed by atoms with van der Waals surface area (Å²) < 4.78 is 0. The Kier molecular flexibility index (Phi) is 8.30. The summed E-state index contributed by atoms with van der Waals surface area (Å²) in [6.45, 7) is 5.36. The number of carbonyl (C=O) groups is 2. The number of likely N-dealkylation sites (tertiary alicyclic amines) is 1. The SMILES string of the molecule is CC(C)C1C(c2ccccc2N(C=O)c2cccc(-c3ccc(C(=O)N(C)C)c(Cl)c3)c2)CCN1C=S. The normalized spacial score (nSPS) is 17.1. The number of thiocarbonyl (C=S) groups is 1. The van der Waals surface area contributed by atoms with Crippen LogP contribution in [0.25, 0.3) is 11.1 Å². The molecule has 0 aromatic heterocycles. The van der Waals surface area contributed by atoms with Crippen LogP contribution in [0.5, 0.6) is 0 Å². The van der Waals surface area contributed by atoms with Gasteiger partial charge in [0, 0.05) is 38.3 Å². The Hall–Kier alpha value is -3.22. The summed E-state index contributed by atoms with van der Waals surface area (Å²) in [4.78, 5) is 30.4. The third-order valence-corrected chi connectivity index (χ3v) is 7.66. The molecule has 1 aliphatic rings. The smallest absolute Gasteiger partial charge is 0.254 e. The van der Waals surface area contributed by atoms with Crippen molar-refractivity contribution in [3.8, 4) is 11.1 Å². The first kappa shape index (κ1) is 26.8. The lowest BCUT2D eigenvalue weighted by atomic mass is 9.84. The molecule has 0 radical (unpaired) electrons. The van der Waals surface area contributed by atoms with Crippen molar-refractivity contribution in [2.75, 3.05) is 25.5 Å². The number of anilines is 2. The van der Waals surface area contributed by atoms with Gasteiger partial charge in [0.1, 0.15) is 0 Å². The van der Waals surface area contributed by atoms with Gasteiger partial charge in [-0.1, -0.05) is 74.1 Å². The fourth-order valence-corrected chi connectivity index (χ4v) is 5.88. The minimum absolute atomic E-state index is 0.146. The van der Waals surface area contributed by atoms with Crippen molar-refractivity contribution in [1.82, 2.24) is 9.80 Å². The van der Waals surface area contributed by atoms with E-state index in [-0.39, 0.29) is 17.9 Å². The highest BCUT2D eigenvalue weighted by Crippen LogP contribution is 2.42. The summed E-state index contributed by atoms with van der Waals surface area (Å²) in [5, 5.41) is 0.392. The molecule has 1 fully saturated rings. The summed E-state index contributed by atoms with van der Waals surface area (Å²) in [5.41, 5.74) is 6.78. The van der Waals surface area contributed by atoms with Crippen LogP contribution in [0.2, 0.25) is 5.02 Å². The number of para-hydroxylation sites is 1. The first-order valence-electron chi connectivity index (χ1n) is 12.4. The molecular formula is C30H32ClN3O2S. The van der Waals surface area contributed by atoms with Crippen molar-refractivity contribution in [1.29, 1.82) is 0 Å². The van der Waals surface area contributed by atoms with E-state index >= 15 is 0 Å². The van der Waals surface area contributed by atoms with Gasteiger partial charge in [-0.3, -0.25) is 14.5 Å². The first-order chi connectivity index (χ1) is 17.8. The molecule has 0 bridgehead atoms. The number of rotatable bonds is 8. The van der Waals surface area contributed by atoms with Crippen LogP contribution in [0.15, 0.2) is 66.7 Å². The molecule has 1 aliphatic heterocycles. The van der Waals surface area contributed by atoms with Crippen LogP contribution in [0.4, 0.5) is 11.4 Å². The van der Waals surface area contributed by atoms with Gasteiger partial charge in [0.15, 0.2) is 0 Å². The van der Waals surface area contributed by atoms with E-state index in [9.17, 15) is 9.59 Å². The average Bonchev–Trinajstić information content (AvgIpc) is 3.34. The molecule has 0 aliphatic carbocycles. The molecule has 37 heavy (non-hydrogen) atoms. The number of nitrogens with zero attached hydrogens (tertiary/aromatic N) is 3. The van der Waals surface area contributed by atoms with Gasteiger partial charge in [0.05, 0.1) is 21.8 Å². The lowest BCUT2D eigenvalue weighted by Crippen LogP contribution is -2.35. The molecule has 1 heterocycles. The quantitative estimate of drug-likeness (QED) is 0.236. The van der Waals surface area contributed by atoms with E-state index in [1.165, 1.54) is 4.90 Å². The maximum absolute atomic E-state index is 12.5. The second kappa shape index (κ2) is 11.4. The Morgan fingerprint density at radius 1 is 1.05 bits per heavy atom. The van der Waals surface area contributed by atoms with Crippen molar-refractivity contribution in [2.24, 2.45) is 5.92 Å². The van der Waals surface area contributed by atoms with E-state index in [0.29, 0.717) is 16.5 Å². The van der Waals surface area contributed by atoms with E-state index in [2.05, 4.69) is 24.8 Å². The zero-order chi connectivity index (χ0) is 26.7. The Morgan fingerprint density at radius 2 is 1.78 bits per heavy atom. The molecule has 4 rings (SSSR count). The summed E-state index contributed by atoms with van der Waals surface area (Å²) in [5.74, 6) is 0.536. The van der Waals surface area contributed by atoms with Crippen LogP contribution in [-0.4, -0.2) is 54.3 Å². The number of amides is 2. The van der Waals surface area contributed by atoms with Crippen LogP contribution in [0, 0.1) is 5.92 Å². The highest BCUT2D eigenvalue weighted by atomic mass is 35.5. The molecule has 0 spiro atoms. The molecule has 7 heteroatoms. The number of hydrogen-bond acceptors (Lipinski definition) is 3. The lowest BCUT2D eigenvalue weighted by molar-refractivity contribution is -0.106. The molecule has 1 saturated heterocycles. The summed E-state index contributed by atoms with van der Waals surface area (Å²) >= 11 is 11.8. The van der Waals surface area contributed by atoms with E-state index in [1.54, 1.807) is 36.6 Å². The Bertz CT molecular complexity index is 1310. The first-order valence-corrected chi connectivity index (χ1v) is 13.3. The Balaban J connectivity index is 1.71. The zero-order valence-electron chi connectivity index (χ0n) is 21.6. The van der Waals surface area contributed by atoms with Gasteiger partial charge in [0.25, 0.3) is 5.91 Å². The molecule has 3 aromatic rings. The third-order valence-electron chi connectivity index (χ3n) is 7.08. The predicted octanol–water partition coefficient (Wildman–Crippen LogP) is 6.77. The van der Waals surface area contributed by atoms with Crippen LogP contribution in [0.1, 0.15) is 42.1 Å². The van der Waals surface area contributed by atoms with Crippen molar-refractivity contribution in [2.45, 2.75) is 32.2 Å². The monoisotopic (exact) mass is 533 g/mol. The average molecular weight is 534 g/mol. The largest absolute Gasteiger partial charge is 0.365 e. The minimum atomic E-state index is -0.146. The van der Waals surface area contributed by atoms with Crippen molar-refractivity contribution in [3.05, 3.63) is 82.9 Å². The number of carbonyl (C=O) groups excluding carboxylic acids is 2. The third kappa shape index (κ3) is 5.41. The van der Waals surface area contributed by atoms with E-state index in [0.717, 1.165) is 47.4 Å². The molecule has 2 atom stereocenters. The molecule has 0 N–H and O–H groups in total. The van der Waals surface area contributed by atoms with Gasteiger partial charge in [-0.05, 0) is 59.4 Å². The van der Waals surface area contributed by atoms with Crippen molar-refractivity contribution < 1.29 is 9.59 Å². The topological polar surface area (TPSA) is 43.9 Å². The van der Waals surface area contributed by atoms with Crippen molar-refractivity contribution >= 4 is 53.0 Å². The van der Waals surface area contributed by atoms with Gasteiger partial charge in [0.2, 0.25) is 6.41 Å². The highest BCUT2D eigenvalue weighted by molar-refractivity contribution is 7.78. The van der Waals surface area contributed by atoms with E-state index in [4.69, 9.17) is 23.8 Å². The van der Waals surface area contributed by atoms with Gasteiger partial charge in [-0.25, -0.2) is 0 Å². The van der Waals surface area contributed by atoms with Crippen LogP contribution >= 0.6 is 23.8 Å². The summed E-state index contributed by atoms with van der Waals surface area (Å²) in [7, 11) is 3.40.